The molecule has 0 aliphatic rings. The summed E-state index contributed by atoms with van der Waals surface area (Å²) in [4.78, 5) is 15.4. The highest BCUT2D eigenvalue weighted by Crippen LogP contribution is 2.09. The fourth-order valence-electron chi connectivity index (χ4n) is 0.954. The summed E-state index contributed by atoms with van der Waals surface area (Å²) in [6.07, 6.45) is 3.08. The second-order valence-electron chi connectivity index (χ2n) is 3.03. The predicted octanol–water partition coefficient (Wildman–Crippen LogP) is 1.81. The van der Waals surface area contributed by atoms with E-state index in [4.69, 9.17) is 5.73 Å². The summed E-state index contributed by atoms with van der Waals surface area (Å²) in [5.41, 5.74) is 7.27. The molecule has 1 aromatic rings. The van der Waals surface area contributed by atoms with Crippen molar-refractivity contribution in [3.63, 3.8) is 0 Å². The second-order valence-corrected chi connectivity index (χ2v) is 3.03. The van der Waals surface area contributed by atoms with E-state index < -0.39 is 0 Å². The molecule has 1 heterocycles. The van der Waals surface area contributed by atoms with E-state index in [0.29, 0.717) is 11.4 Å². The first kappa shape index (κ1) is 9.45. The van der Waals surface area contributed by atoms with Gasteiger partial charge in [0.25, 0.3) is 0 Å². The van der Waals surface area contributed by atoms with E-state index in [1.165, 1.54) is 6.08 Å². The average molecular weight is 176 g/mol. The summed E-state index contributed by atoms with van der Waals surface area (Å²) in [5.74, 6) is -0.141. The number of hydrogen-bond acceptors (Lipinski definition) is 3. The highest BCUT2D eigenvalue weighted by Gasteiger charge is 2.06. The molecule has 0 fully saturated rings. The fraction of sp³-hybridized carbons (Fsp3) is 0.200. The maximum absolute atomic E-state index is 11.5. The number of ketones is 1. The molecule has 1 rings (SSSR count). The minimum Gasteiger partial charge on any atom is -0.397 e. The fourth-order valence-corrected chi connectivity index (χ4v) is 0.954. The molecule has 1 aromatic heterocycles. The van der Waals surface area contributed by atoms with Gasteiger partial charge in [-0.05, 0) is 32.1 Å². The Bertz CT molecular complexity index is 352. The molecule has 2 N–H and O–H groups in total. The van der Waals surface area contributed by atoms with Crippen LogP contribution in [0.4, 0.5) is 5.69 Å². The van der Waals surface area contributed by atoms with E-state index in [2.05, 4.69) is 4.98 Å². The van der Waals surface area contributed by atoms with Gasteiger partial charge in [-0.15, -0.1) is 0 Å². The number of nitrogen functional groups attached to an aromatic ring is 1. The molecule has 0 aliphatic carbocycles. The Kier molecular flexibility index (Phi) is 2.80. The maximum atomic E-state index is 11.5. The van der Waals surface area contributed by atoms with Gasteiger partial charge in [0.2, 0.25) is 5.78 Å². The molecule has 3 heteroatoms. The van der Waals surface area contributed by atoms with Gasteiger partial charge < -0.3 is 5.73 Å². The third kappa shape index (κ3) is 2.40. The highest BCUT2D eigenvalue weighted by molar-refractivity contribution is 6.06. The van der Waals surface area contributed by atoms with Crippen LogP contribution in [-0.4, -0.2) is 10.8 Å². The maximum Gasteiger partial charge on any atom is 0.206 e. The van der Waals surface area contributed by atoms with Crippen LogP contribution < -0.4 is 5.73 Å². The Morgan fingerprint density at radius 2 is 2.23 bits per heavy atom. The lowest BCUT2D eigenvalue weighted by atomic mass is 10.1. The minimum atomic E-state index is -0.141. The summed E-state index contributed by atoms with van der Waals surface area (Å²) < 4.78 is 0. The van der Waals surface area contributed by atoms with Crippen LogP contribution in [0.5, 0.6) is 0 Å². The average Bonchev–Trinajstić information content (AvgIpc) is 2.03. The number of rotatable bonds is 2. The van der Waals surface area contributed by atoms with Crippen molar-refractivity contribution in [1.82, 2.24) is 4.98 Å². The molecular weight excluding hydrogens is 164 g/mol. The molecule has 0 atom stereocenters. The van der Waals surface area contributed by atoms with Crippen molar-refractivity contribution in [3.05, 3.63) is 35.7 Å². The smallest absolute Gasteiger partial charge is 0.206 e. The second kappa shape index (κ2) is 3.85. The van der Waals surface area contributed by atoms with Gasteiger partial charge in [-0.2, -0.15) is 0 Å². The normalized spacial score (nSPS) is 9.38. The van der Waals surface area contributed by atoms with Gasteiger partial charge in [-0.1, -0.05) is 5.57 Å². The van der Waals surface area contributed by atoms with Gasteiger partial charge in [0.1, 0.15) is 5.69 Å². The number of nitrogens with zero attached hydrogens (tertiary/aromatic N) is 1. The van der Waals surface area contributed by atoms with Gasteiger partial charge in [0, 0.05) is 6.20 Å². The summed E-state index contributed by atoms with van der Waals surface area (Å²) in [6, 6.07) is 3.37. The van der Waals surface area contributed by atoms with E-state index in [1.807, 2.05) is 13.8 Å². The zero-order valence-electron chi connectivity index (χ0n) is 7.74. The monoisotopic (exact) mass is 176 g/mol. The molecule has 0 aliphatic heterocycles. The van der Waals surface area contributed by atoms with Gasteiger partial charge >= 0.3 is 0 Å². The van der Waals surface area contributed by atoms with Gasteiger partial charge in [-0.25, -0.2) is 0 Å². The quantitative estimate of drug-likeness (QED) is 0.552. The number of carbonyl (C=O) groups excluding carboxylic acids is 1. The van der Waals surface area contributed by atoms with Crippen molar-refractivity contribution in [2.24, 2.45) is 0 Å². The minimum absolute atomic E-state index is 0.141. The lowest BCUT2D eigenvalue weighted by Crippen LogP contribution is -2.03. The SMILES string of the molecule is CC(C)=CC(=O)c1ncccc1N. The largest absolute Gasteiger partial charge is 0.397 e. The third-order valence-electron chi connectivity index (χ3n) is 1.49. The van der Waals surface area contributed by atoms with Crippen LogP contribution in [0.1, 0.15) is 24.3 Å². The Morgan fingerprint density at radius 3 is 2.77 bits per heavy atom. The van der Waals surface area contributed by atoms with Crippen LogP contribution >= 0.6 is 0 Å². The molecule has 3 nitrogen and oxygen atoms in total. The molecule has 0 aromatic carbocycles. The first-order chi connectivity index (χ1) is 6.11. The predicted molar refractivity (Wildman–Crippen MR) is 52.4 cm³/mol. The van der Waals surface area contributed by atoms with Crippen molar-refractivity contribution in [1.29, 1.82) is 0 Å². The number of aromatic nitrogens is 1. The lowest BCUT2D eigenvalue weighted by Gasteiger charge is -1.99. The van der Waals surface area contributed by atoms with Crippen molar-refractivity contribution in [2.75, 3.05) is 5.73 Å². The Labute approximate surface area is 77.3 Å². The zero-order chi connectivity index (χ0) is 9.84. The van der Waals surface area contributed by atoms with E-state index in [0.717, 1.165) is 5.57 Å². The summed E-state index contributed by atoms with van der Waals surface area (Å²) in [5, 5.41) is 0. The zero-order valence-corrected chi connectivity index (χ0v) is 7.74. The van der Waals surface area contributed by atoms with Crippen LogP contribution in [0, 0.1) is 0 Å². The third-order valence-corrected chi connectivity index (χ3v) is 1.49. The first-order valence-corrected chi connectivity index (χ1v) is 4.01. The molecule has 0 unspecified atom stereocenters. The van der Waals surface area contributed by atoms with Gasteiger partial charge in [-0.3, -0.25) is 9.78 Å². The number of allylic oxidation sites excluding steroid dienone is 2. The van der Waals surface area contributed by atoms with Crippen LogP contribution in [-0.2, 0) is 0 Å². The van der Waals surface area contributed by atoms with Gasteiger partial charge in [0.05, 0.1) is 5.69 Å². The van der Waals surface area contributed by atoms with Crippen LogP contribution in [0.15, 0.2) is 30.0 Å². The molecule has 0 bridgehead atoms. The summed E-state index contributed by atoms with van der Waals surface area (Å²) in [6.45, 7) is 3.72. The lowest BCUT2D eigenvalue weighted by molar-refractivity contribution is 0.104. The standard InChI is InChI=1S/C10H12N2O/c1-7(2)6-9(13)10-8(11)4-3-5-12-10/h3-6H,11H2,1-2H3. The molecule has 68 valence electrons. The first-order valence-electron chi connectivity index (χ1n) is 4.01. The number of anilines is 1. The molecular formula is C10H12N2O. The molecule has 0 amide bonds. The molecule has 13 heavy (non-hydrogen) atoms. The van der Waals surface area contributed by atoms with Crippen LogP contribution in [0.25, 0.3) is 0 Å². The van der Waals surface area contributed by atoms with Gasteiger partial charge in [0.15, 0.2) is 0 Å². The Hall–Kier alpha value is -1.64. The van der Waals surface area contributed by atoms with E-state index in [-0.39, 0.29) is 5.78 Å². The van der Waals surface area contributed by atoms with Crippen molar-refractivity contribution >= 4 is 11.5 Å². The summed E-state index contributed by atoms with van der Waals surface area (Å²) in [7, 11) is 0. The highest BCUT2D eigenvalue weighted by atomic mass is 16.1. The number of carbonyl (C=O) groups is 1. The topological polar surface area (TPSA) is 56.0 Å². The molecule has 0 spiro atoms. The molecule has 0 saturated carbocycles. The van der Waals surface area contributed by atoms with E-state index in [1.54, 1.807) is 18.3 Å². The van der Waals surface area contributed by atoms with E-state index >= 15 is 0 Å². The number of hydrogen-bond donors (Lipinski definition) is 1. The van der Waals surface area contributed by atoms with Crippen LogP contribution in [0.3, 0.4) is 0 Å². The Balaban J connectivity index is 3.03. The van der Waals surface area contributed by atoms with Crippen LogP contribution in [0.2, 0.25) is 0 Å². The Morgan fingerprint density at radius 1 is 1.54 bits per heavy atom. The number of pyridine rings is 1. The summed E-state index contributed by atoms with van der Waals surface area (Å²) >= 11 is 0. The molecule has 0 radical (unpaired) electrons. The van der Waals surface area contributed by atoms with Crippen molar-refractivity contribution in [2.45, 2.75) is 13.8 Å². The van der Waals surface area contributed by atoms with Crippen molar-refractivity contribution in [3.8, 4) is 0 Å². The van der Waals surface area contributed by atoms with Crippen molar-refractivity contribution < 1.29 is 4.79 Å². The molecule has 0 saturated heterocycles. The van der Waals surface area contributed by atoms with E-state index in [9.17, 15) is 4.79 Å². The number of nitrogens with two attached hydrogens (primary N) is 1.